The molecule has 3 nitrogen and oxygen atoms in total. The quantitative estimate of drug-likeness (QED) is 0.816. The number of phenols is 1. The summed E-state index contributed by atoms with van der Waals surface area (Å²) in [6.45, 7) is 1.52. The standard InChI is InChI=1S/C12H12O3S/c1-9(14)16-6-2-3-10-4-5-11(8-13)12(15)7-10/h2-5,7-8,15H,6H2,1H3. The van der Waals surface area contributed by atoms with Crippen molar-refractivity contribution in [1.29, 1.82) is 0 Å². The third-order valence-electron chi connectivity index (χ3n) is 1.87. The Hall–Kier alpha value is -1.55. The maximum absolute atomic E-state index is 10.6. The number of aromatic hydroxyl groups is 1. The number of carbonyl (C=O) groups excluding carboxylic acids is 2. The molecule has 0 aliphatic carbocycles. The third kappa shape index (κ3) is 3.90. The maximum Gasteiger partial charge on any atom is 0.186 e. The van der Waals surface area contributed by atoms with Gasteiger partial charge in [0.25, 0.3) is 0 Å². The molecule has 0 fully saturated rings. The van der Waals surface area contributed by atoms with Crippen molar-refractivity contribution >= 4 is 29.2 Å². The van der Waals surface area contributed by atoms with E-state index in [1.165, 1.54) is 24.8 Å². The smallest absolute Gasteiger partial charge is 0.186 e. The zero-order chi connectivity index (χ0) is 12.0. The highest BCUT2D eigenvalue weighted by atomic mass is 32.2. The lowest BCUT2D eigenvalue weighted by atomic mass is 10.1. The minimum atomic E-state index is -0.0311. The zero-order valence-electron chi connectivity index (χ0n) is 8.84. The molecule has 0 aliphatic heterocycles. The summed E-state index contributed by atoms with van der Waals surface area (Å²) in [7, 11) is 0. The van der Waals surface area contributed by atoms with Crippen LogP contribution in [0.3, 0.4) is 0 Å². The fraction of sp³-hybridized carbons (Fsp3) is 0.167. The Balaban J connectivity index is 2.64. The fourth-order valence-corrected chi connectivity index (χ4v) is 1.54. The molecule has 0 atom stereocenters. The van der Waals surface area contributed by atoms with Gasteiger partial charge < -0.3 is 5.11 Å². The number of carbonyl (C=O) groups is 2. The van der Waals surface area contributed by atoms with Gasteiger partial charge in [0.2, 0.25) is 0 Å². The van der Waals surface area contributed by atoms with Crippen molar-refractivity contribution < 1.29 is 14.7 Å². The van der Waals surface area contributed by atoms with Crippen molar-refractivity contribution in [1.82, 2.24) is 0 Å². The van der Waals surface area contributed by atoms with Crippen molar-refractivity contribution in [2.24, 2.45) is 0 Å². The molecule has 0 radical (unpaired) electrons. The second-order valence-corrected chi connectivity index (χ2v) is 4.34. The highest BCUT2D eigenvalue weighted by Crippen LogP contribution is 2.18. The molecule has 1 rings (SSSR count). The van der Waals surface area contributed by atoms with E-state index in [1.54, 1.807) is 18.2 Å². The van der Waals surface area contributed by atoms with E-state index in [2.05, 4.69) is 0 Å². The van der Waals surface area contributed by atoms with Crippen LogP contribution in [0.5, 0.6) is 5.75 Å². The van der Waals surface area contributed by atoms with Crippen molar-refractivity contribution in [3.63, 3.8) is 0 Å². The van der Waals surface area contributed by atoms with E-state index in [4.69, 9.17) is 0 Å². The van der Waals surface area contributed by atoms with Crippen LogP contribution in [0.1, 0.15) is 22.8 Å². The molecule has 84 valence electrons. The molecule has 0 amide bonds. The molecular formula is C12H12O3S. The number of hydrogen-bond donors (Lipinski definition) is 1. The van der Waals surface area contributed by atoms with Gasteiger partial charge >= 0.3 is 0 Å². The molecule has 0 saturated carbocycles. The summed E-state index contributed by atoms with van der Waals surface area (Å²) in [6.07, 6.45) is 4.24. The first kappa shape index (κ1) is 12.5. The second kappa shape index (κ2) is 6.12. The molecule has 1 aromatic carbocycles. The van der Waals surface area contributed by atoms with E-state index in [-0.39, 0.29) is 16.4 Å². The van der Waals surface area contributed by atoms with Gasteiger partial charge in [0, 0.05) is 12.7 Å². The van der Waals surface area contributed by atoms with Gasteiger partial charge in [0.1, 0.15) is 5.75 Å². The van der Waals surface area contributed by atoms with E-state index in [0.29, 0.717) is 12.0 Å². The van der Waals surface area contributed by atoms with Crippen LogP contribution in [-0.4, -0.2) is 22.3 Å². The first-order chi connectivity index (χ1) is 7.63. The fourth-order valence-electron chi connectivity index (χ4n) is 1.11. The Morgan fingerprint density at radius 2 is 2.25 bits per heavy atom. The molecule has 0 spiro atoms. The van der Waals surface area contributed by atoms with E-state index in [9.17, 15) is 14.7 Å². The van der Waals surface area contributed by atoms with Gasteiger partial charge in [0.05, 0.1) is 5.56 Å². The first-order valence-electron chi connectivity index (χ1n) is 4.71. The predicted octanol–water partition coefficient (Wildman–Crippen LogP) is 2.50. The van der Waals surface area contributed by atoms with Gasteiger partial charge in [-0.05, 0) is 17.7 Å². The lowest BCUT2D eigenvalue weighted by Gasteiger charge is -1.98. The van der Waals surface area contributed by atoms with Crippen LogP contribution >= 0.6 is 11.8 Å². The van der Waals surface area contributed by atoms with E-state index in [1.807, 2.05) is 6.08 Å². The number of aldehydes is 1. The maximum atomic E-state index is 10.6. The van der Waals surface area contributed by atoms with Gasteiger partial charge in [-0.3, -0.25) is 9.59 Å². The summed E-state index contributed by atoms with van der Waals surface area (Å²) in [5.41, 5.74) is 1.07. The summed E-state index contributed by atoms with van der Waals surface area (Å²) in [5.74, 6) is 0.572. The number of thioether (sulfide) groups is 1. The lowest BCUT2D eigenvalue weighted by molar-refractivity contribution is -0.109. The Morgan fingerprint density at radius 1 is 1.50 bits per heavy atom. The van der Waals surface area contributed by atoms with Crippen LogP contribution in [0.25, 0.3) is 6.08 Å². The molecule has 0 bridgehead atoms. The SMILES string of the molecule is CC(=O)SCC=Cc1ccc(C=O)c(O)c1. The number of benzene rings is 1. The summed E-state index contributed by atoms with van der Waals surface area (Å²) in [6, 6.07) is 4.80. The molecule has 0 heterocycles. The normalized spacial score (nSPS) is 10.6. The monoisotopic (exact) mass is 236 g/mol. The van der Waals surface area contributed by atoms with Crippen molar-refractivity contribution in [2.75, 3.05) is 5.75 Å². The number of rotatable bonds is 4. The van der Waals surface area contributed by atoms with Crippen LogP contribution in [0.4, 0.5) is 0 Å². The van der Waals surface area contributed by atoms with Crippen LogP contribution in [0.15, 0.2) is 24.3 Å². The molecule has 0 unspecified atom stereocenters. The Morgan fingerprint density at radius 3 is 2.81 bits per heavy atom. The minimum Gasteiger partial charge on any atom is -0.507 e. The molecule has 0 aliphatic rings. The third-order valence-corrected chi connectivity index (χ3v) is 2.64. The van der Waals surface area contributed by atoms with Gasteiger partial charge in [-0.2, -0.15) is 0 Å². The molecular weight excluding hydrogens is 224 g/mol. The van der Waals surface area contributed by atoms with Crippen LogP contribution in [0.2, 0.25) is 0 Å². The molecule has 1 aromatic rings. The lowest BCUT2D eigenvalue weighted by Crippen LogP contribution is -1.83. The Labute approximate surface area is 98.2 Å². The van der Waals surface area contributed by atoms with E-state index < -0.39 is 0 Å². The Bertz CT molecular complexity index is 424. The minimum absolute atomic E-state index is 0.0311. The van der Waals surface area contributed by atoms with Crippen molar-refractivity contribution in [3.8, 4) is 5.75 Å². The predicted molar refractivity (Wildman–Crippen MR) is 65.7 cm³/mol. The summed E-state index contributed by atoms with van der Waals surface area (Å²) in [5, 5.41) is 9.48. The zero-order valence-corrected chi connectivity index (χ0v) is 9.66. The molecule has 4 heteroatoms. The van der Waals surface area contributed by atoms with Crippen LogP contribution in [0, 0.1) is 0 Å². The van der Waals surface area contributed by atoms with E-state index >= 15 is 0 Å². The summed E-state index contributed by atoms with van der Waals surface area (Å²) < 4.78 is 0. The highest BCUT2D eigenvalue weighted by molar-refractivity contribution is 8.13. The summed E-state index contributed by atoms with van der Waals surface area (Å²) >= 11 is 1.22. The molecule has 0 saturated heterocycles. The van der Waals surface area contributed by atoms with Gasteiger partial charge in [-0.25, -0.2) is 0 Å². The number of hydrogen-bond acceptors (Lipinski definition) is 4. The van der Waals surface area contributed by atoms with Crippen LogP contribution in [-0.2, 0) is 4.79 Å². The van der Waals surface area contributed by atoms with Crippen molar-refractivity contribution in [3.05, 3.63) is 35.4 Å². The Kier molecular flexibility index (Phi) is 4.79. The topological polar surface area (TPSA) is 54.4 Å². The highest BCUT2D eigenvalue weighted by Gasteiger charge is 1.99. The first-order valence-corrected chi connectivity index (χ1v) is 5.70. The number of phenolic OH excluding ortho intramolecular Hbond substituents is 1. The molecule has 0 aromatic heterocycles. The van der Waals surface area contributed by atoms with Crippen molar-refractivity contribution in [2.45, 2.75) is 6.92 Å². The second-order valence-electron chi connectivity index (χ2n) is 3.14. The molecule has 16 heavy (non-hydrogen) atoms. The molecule has 1 N–H and O–H groups in total. The van der Waals surface area contributed by atoms with Crippen LogP contribution < -0.4 is 0 Å². The van der Waals surface area contributed by atoms with Gasteiger partial charge in [-0.15, -0.1) is 0 Å². The van der Waals surface area contributed by atoms with Gasteiger partial charge in [0.15, 0.2) is 11.4 Å². The average molecular weight is 236 g/mol. The van der Waals surface area contributed by atoms with Gasteiger partial charge in [-0.1, -0.05) is 30.0 Å². The van der Waals surface area contributed by atoms with E-state index in [0.717, 1.165) is 5.56 Å². The average Bonchev–Trinajstić information content (AvgIpc) is 2.24. The summed E-state index contributed by atoms with van der Waals surface area (Å²) in [4.78, 5) is 21.1. The largest absolute Gasteiger partial charge is 0.507 e.